The van der Waals surface area contributed by atoms with E-state index >= 15 is 0 Å². The first-order valence-electron chi connectivity index (χ1n) is 4.81. The highest BCUT2D eigenvalue weighted by molar-refractivity contribution is 9.10. The average Bonchev–Trinajstić information content (AvgIpc) is 2.27. The van der Waals surface area contributed by atoms with E-state index in [9.17, 15) is 5.11 Å². The summed E-state index contributed by atoms with van der Waals surface area (Å²) in [6.07, 6.45) is -0.651. The maximum absolute atomic E-state index is 9.46. The van der Waals surface area contributed by atoms with Crippen LogP contribution in [0.3, 0.4) is 0 Å². The Balaban J connectivity index is 2.65. The fraction of sp³-hybridized carbons (Fsp3) is 0.455. The van der Waals surface area contributed by atoms with Gasteiger partial charge >= 0.3 is 0 Å². The molecule has 0 saturated carbocycles. The van der Waals surface area contributed by atoms with Crippen molar-refractivity contribution in [1.29, 1.82) is 0 Å². The zero-order chi connectivity index (χ0) is 12.0. The minimum absolute atomic E-state index is 0.160. The van der Waals surface area contributed by atoms with Gasteiger partial charge in [0.25, 0.3) is 0 Å². The Bertz CT molecular complexity index is 330. The van der Waals surface area contributed by atoms with Crippen LogP contribution >= 0.6 is 15.9 Å². The van der Waals surface area contributed by atoms with Crippen LogP contribution in [0, 0.1) is 0 Å². The molecule has 0 spiro atoms. The molecule has 0 saturated heterocycles. The summed E-state index contributed by atoms with van der Waals surface area (Å²) < 4.78 is 16.2. The van der Waals surface area contributed by atoms with E-state index in [0.717, 1.165) is 4.47 Å². The van der Waals surface area contributed by atoms with Crippen molar-refractivity contribution in [3.63, 3.8) is 0 Å². The summed E-state index contributed by atoms with van der Waals surface area (Å²) in [5.74, 6) is 1.21. The molecule has 0 aliphatic carbocycles. The lowest BCUT2D eigenvalue weighted by molar-refractivity contribution is 0.0317. The lowest BCUT2D eigenvalue weighted by Gasteiger charge is -2.14. The van der Waals surface area contributed by atoms with Gasteiger partial charge in [0.05, 0.1) is 18.2 Å². The fourth-order valence-electron chi connectivity index (χ4n) is 1.21. The number of halogens is 1. The number of aliphatic hydroxyl groups is 1. The van der Waals surface area contributed by atoms with E-state index in [1.54, 1.807) is 13.2 Å². The van der Waals surface area contributed by atoms with Crippen LogP contribution in [0.25, 0.3) is 0 Å². The first-order chi connectivity index (χ1) is 7.69. The third kappa shape index (κ3) is 3.66. The van der Waals surface area contributed by atoms with Crippen molar-refractivity contribution in [1.82, 2.24) is 0 Å². The number of methoxy groups -OCH3 is 2. The summed E-state index contributed by atoms with van der Waals surface area (Å²) in [4.78, 5) is 0. The van der Waals surface area contributed by atoms with Gasteiger partial charge in [-0.3, -0.25) is 0 Å². The molecule has 90 valence electrons. The van der Waals surface area contributed by atoms with Crippen molar-refractivity contribution in [2.45, 2.75) is 6.10 Å². The molecular weight excluding hydrogens is 276 g/mol. The number of para-hydroxylation sites is 1. The first-order valence-corrected chi connectivity index (χ1v) is 5.60. The highest BCUT2D eigenvalue weighted by atomic mass is 79.9. The second kappa shape index (κ2) is 6.73. The second-order valence-corrected chi connectivity index (χ2v) is 4.05. The molecule has 1 N–H and O–H groups in total. The first kappa shape index (κ1) is 13.3. The number of aliphatic hydroxyl groups excluding tert-OH is 1. The van der Waals surface area contributed by atoms with Gasteiger partial charge in [-0.1, -0.05) is 6.07 Å². The van der Waals surface area contributed by atoms with Gasteiger partial charge in [0, 0.05) is 7.11 Å². The quantitative estimate of drug-likeness (QED) is 0.869. The van der Waals surface area contributed by atoms with E-state index in [1.807, 2.05) is 12.1 Å². The smallest absolute Gasteiger partial charge is 0.175 e. The van der Waals surface area contributed by atoms with Gasteiger partial charge in [-0.2, -0.15) is 0 Å². The topological polar surface area (TPSA) is 47.9 Å². The summed E-state index contributed by atoms with van der Waals surface area (Å²) in [7, 11) is 3.10. The highest BCUT2D eigenvalue weighted by Crippen LogP contribution is 2.34. The molecule has 0 aliphatic rings. The molecule has 1 rings (SSSR count). The number of benzene rings is 1. The van der Waals surface area contributed by atoms with Crippen molar-refractivity contribution in [3.05, 3.63) is 22.7 Å². The van der Waals surface area contributed by atoms with E-state index in [1.165, 1.54) is 7.11 Å². The number of ether oxygens (including phenoxy) is 3. The summed E-state index contributed by atoms with van der Waals surface area (Å²) in [5, 5.41) is 9.46. The summed E-state index contributed by atoms with van der Waals surface area (Å²) in [5.41, 5.74) is 0. The van der Waals surface area contributed by atoms with Gasteiger partial charge in [0.15, 0.2) is 11.5 Å². The molecule has 0 heterocycles. The van der Waals surface area contributed by atoms with Crippen LogP contribution < -0.4 is 9.47 Å². The second-order valence-electron chi connectivity index (χ2n) is 3.19. The van der Waals surface area contributed by atoms with Crippen LogP contribution in [-0.2, 0) is 4.74 Å². The van der Waals surface area contributed by atoms with Gasteiger partial charge in [0.2, 0.25) is 0 Å². The third-order valence-corrected chi connectivity index (χ3v) is 2.55. The molecule has 0 bridgehead atoms. The van der Waals surface area contributed by atoms with Gasteiger partial charge in [-0.25, -0.2) is 0 Å². The fourth-order valence-corrected chi connectivity index (χ4v) is 1.67. The van der Waals surface area contributed by atoms with Gasteiger partial charge < -0.3 is 19.3 Å². The number of rotatable bonds is 6. The van der Waals surface area contributed by atoms with Gasteiger partial charge in [0.1, 0.15) is 12.7 Å². The summed E-state index contributed by atoms with van der Waals surface area (Å²) in [6, 6.07) is 5.49. The third-order valence-electron chi connectivity index (χ3n) is 1.93. The maximum Gasteiger partial charge on any atom is 0.175 e. The largest absolute Gasteiger partial charge is 0.493 e. The lowest BCUT2D eigenvalue weighted by Crippen LogP contribution is -2.22. The zero-order valence-corrected chi connectivity index (χ0v) is 10.9. The Morgan fingerprint density at radius 3 is 2.69 bits per heavy atom. The van der Waals surface area contributed by atoms with E-state index in [0.29, 0.717) is 11.5 Å². The predicted molar refractivity (Wildman–Crippen MR) is 64.1 cm³/mol. The van der Waals surface area contributed by atoms with Crippen LogP contribution in [-0.4, -0.2) is 38.6 Å². The molecule has 0 radical (unpaired) electrons. The lowest BCUT2D eigenvalue weighted by atomic mass is 10.3. The molecule has 5 heteroatoms. The Kier molecular flexibility index (Phi) is 5.59. The van der Waals surface area contributed by atoms with Crippen LogP contribution in [0.2, 0.25) is 0 Å². The van der Waals surface area contributed by atoms with Gasteiger partial charge in [-0.15, -0.1) is 0 Å². The molecule has 0 unspecified atom stereocenters. The Morgan fingerprint density at radius 1 is 1.31 bits per heavy atom. The monoisotopic (exact) mass is 290 g/mol. The molecule has 0 aliphatic heterocycles. The van der Waals surface area contributed by atoms with Crippen LogP contribution in [0.15, 0.2) is 22.7 Å². The molecule has 0 aromatic heterocycles. The SMILES string of the molecule is COC[C@H](O)COc1c(Br)cccc1OC. The Hall–Kier alpha value is -0.780. The molecule has 0 fully saturated rings. The van der Waals surface area contributed by atoms with Crippen LogP contribution in [0.5, 0.6) is 11.5 Å². The zero-order valence-electron chi connectivity index (χ0n) is 9.27. The van der Waals surface area contributed by atoms with E-state index in [2.05, 4.69) is 15.9 Å². The number of hydrogen-bond donors (Lipinski definition) is 1. The van der Waals surface area contributed by atoms with E-state index in [4.69, 9.17) is 14.2 Å². The van der Waals surface area contributed by atoms with Crippen molar-refractivity contribution in [2.24, 2.45) is 0 Å². The average molecular weight is 291 g/mol. The Morgan fingerprint density at radius 2 is 2.06 bits per heavy atom. The maximum atomic E-state index is 9.46. The molecule has 1 aromatic carbocycles. The van der Waals surface area contributed by atoms with Crippen molar-refractivity contribution >= 4 is 15.9 Å². The molecule has 4 nitrogen and oxygen atoms in total. The minimum atomic E-state index is -0.651. The molecule has 16 heavy (non-hydrogen) atoms. The van der Waals surface area contributed by atoms with Gasteiger partial charge in [-0.05, 0) is 28.1 Å². The molecular formula is C11H15BrO4. The molecule has 1 atom stereocenters. The minimum Gasteiger partial charge on any atom is -0.493 e. The van der Waals surface area contributed by atoms with Crippen LogP contribution in [0.1, 0.15) is 0 Å². The van der Waals surface area contributed by atoms with E-state index < -0.39 is 6.10 Å². The van der Waals surface area contributed by atoms with Crippen LogP contribution in [0.4, 0.5) is 0 Å². The Labute approximate surface area is 103 Å². The summed E-state index contributed by atoms with van der Waals surface area (Å²) >= 11 is 3.36. The number of hydrogen-bond acceptors (Lipinski definition) is 4. The highest BCUT2D eigenvalue weighted by Gasteiger charge is 2.11. The van der Waals surface area contributed by atoms with E-state index in [-0.39, 0.29) is 13.2 Å². The van der Waals surface area contributed by atoms with Crippen molar-refractivity contribution in [3.8, 4) is 11.5 Å². The van der Waals surface area contributed by atoms with Crippen molar-refractivity contribution < 1.29 is 19.3 Å². The normalized spacial score (nSPS) is 12.2. The summed E-state index contributed by atoms with van der Waals surface area (Å²) in [6.45, 7) is 0.402. The standard InChI is InChI=1S/C11H15BrO4/c1-14-6-8(13)7-16-11-9(12)4-3-5-10(11)15-2/h3-5,8,13H,6-7H2,1-2H3/t8-/m0/s1. The van der Waals surface area contributed by atoms with Crippen molar-refractivity contribution in [2.75, 3.05) is 27.4 Å². The molecule has 0 amide bonds. The predicted octanol–water partition coefficient (Wildman–Crippen LogP) is 1.84. The molecule has 1 aromatic rings.